The minimum Gasteiger partial charge on any atom is -0.478 e. The van der Waals surface area contributed by atoms with Crippen LogP contribution in [0.2, 0.25) is 0 Å². The third kappa shape index (κ3) is 6.54. The fourth-order valence-corrected chi connectivity index (χ4v) is 4.93. The lowest BCUT2D eigenvalue weighted by molar-refractivity contribution is -0.141. The van der Waals surface area contributed by atoms with Gasteiger partial charge in [-0.15, -0.1) is 0 Å². The number of ether oxygens (including phenoxy) is 2. The number of nitrogens with zero attached hydrogens (tertiary/aromatic N) is 3. The van der Waals surface area contributed by atoms with Crippen molar-refractivity contribution >= 4 is 5.97 Å². The van der Waals surface area contributed by atoms with E-state index in [2.05, 4.69) is 4.98 Å². The van der Waals surface area contributed by atoms with Gasteiger partial charge in [0.15, 0.2) is 17.2 Å². The van der Waals surface area contributed by atoms with Gasteiger partial charge in [0.05, 0.1) is 11.3 Å². The van der Waals surface area contributed by atoms with E-state index in [4.69, 9.17) is 9.47 Å². The van der Waals surface area contributed by atoms with Crippen molar-refractivity contribution in [1.29, 1.82) is 0 Å². The van der Waals surface area contributed by atoms with Gasteiger partial charge in [-0.1, -0.05) is 61.9 Å². The highest BCUT2D eigenvalue weighted by Crippen LogP contribution is 2.37. The van der Waals surface area contributed by atoms with Gasteiger partial charge >= 0.3 is 12.1 Å². The predicted molar refractivity (Wildman–Crippen MR) is 146 cm³/mol. The summed E-state index contributed by atoms with van der Waals surface area (Å²) in [5.41, 5.74) is 1.56. The minimum atomic E-state index is -4.65. The topological polar surface area (TPSA) is 76.8 Å². The van der Waals surface area contributed by atoms with Crippen molar-refractivity contribution in [3.8, 4) is 22.9 Å². The number of carboxylic acid groups (broad SMARTS) is 1. The molecule has 3 aromatic carbocycles. The summed E-state index contributed by atoms with van der Waals surface area (Å²) in [6, 6.07) is 20.8. The van der Waals surface area contributed by atoms with E-state index in [0.717, 1.165) is 17.5 Å². The van der Waals surface area contributed by atoms with E-state index in [1.54, 1.807) is 47.0 Å². The highest BCUT2D eigenvalue weighted by atomic mass is 19.4. The van der Waals surface area contributed by atoms with Crippen LogP contribution in [0.4, 0.5) is 13.2 Å². The van der Waals surface area contributed by atoms with Crippen molar-refractivity contribution in [2.24, 2.45) is 0 Å². The van der Waals surface area contributed by atoms with Gasteiger partial charge in [-0.3, -0.25) is 4.90 Å². The number of aromatic nitrogens is 2. The number of carbonyl (C=O) groups is 1. The first-order chi connectivity index (χ1) is 19.7. The zero-order chi connectivity index (χ0) is 29.0. The number of benzene rings is 3. The van der Waals surface area contributed by atoms with Gasteiger partial charge in [0.25, 0.3) is 0 Å². The molecule has 0 saturated carbocycles. The van der Waals surface area contributed by atoms with Gasteiger partial charge in [-0.25, -0.2) is 9.78 Å². The van der Waals surface area contributed by atoms with Crippen LogP contribution < -0.4 is 9.47 Å². The van der Waals surface area contributed by atoms with Crippen LogP contribution in [-0.2, 0) is 32.4 Å². The molecule has 1 aliphatic heterocycles. The Balaban J connectivity index is 1.56. The van der Waals surface area contributed by atoms with Crippen LogP contribution in [0.25, 0.3) is 11.4 Å². The van der Waals surface area contributed by atoms with Crippen molar-refractivity contribution in [2.45, 2.75) is 52.1 Å². The number of unbranched alkanes of at least 4 members (excludes halogenated alkanes) is 1. The Kier molecular flexibility index (Phi) is 8.30. The summed E-state index contributed by atoms with van der Waals surface area (Å²) in [5.74, 6) is 0.449. The number of fused-ring (bicyclic) bond motifs is 1. The van der Waals surface area contributed by atoms with Gasteiger partial charge in [-0.2, -0.15) is 13.2 Å². The van der Waals surface area contributed by atoms with Gasteiger partial charge in [0.1, 0.15) is 5.82 Å². The Bertz CT molecular complexity index is 1500. The first kappa shape index (κ1) is 28.2. The average molecular weight is 566 g/mol. The Hall–Kier alpha value is -4.31. The largest absolute Gasteiger partial charge is 0.478 e. The highest BCUT2D eigenvalue weighted by molar-refractivity contribution is 5.87. The normalized spacial score (nSPS) is 12.7. The predicted octanol–water partition coefficient (Wildman–Crippen LogP) is 7.00. The average Bonchev–Trinajstić information content (AvgIpc) is 3.57. The lowest BCUT2D eigenvalue weighted by Crippen LogP contribution is -2.26. The number of carboxylic acids is 1. The van der Waals surface area contributed by atoms with Gasteiger partial charge in [0.2, 0.25) is 6.79 Å². The first-order valence-electron chi connectivity index (χ1n) is 13.4. The molecule has 0 saturated heterocycles. The van der Waals surface area contributed by atoms with E-state index in [9.17, 15) is 23.1 Å². The monoisotopic (exact) mass is 565 g/mol. The highest BCUT2D eigenvalue weighted by Gasteiger charge is 2.39. The summed E-state index contributed by atoms with van der Waals surface area (Å²) in [7, 11) is 0. The number of alkyl halides is 3. The van der Waals surface area contributed by atoms with Gasteiger partial charge in [-0.05, 0) is 41.8 Å². The molecule has 1 aromatic heterocycles. The Morgan fingerprint density at radius 3 is 2.32 bits per heavy atom. The second-order valence-corrected chi connectivity index (χ2v) is 9.93. The molecular formula is C31H30F3N3O4. The molecule has 0 spiro atoms. The summed E-state index contributed by atoms with van der Waals surface area (Å²) in [6.45, 7) is 3.07. The Labute approximate surface area is 235 Å². The smallest absolute Gasteiger partial charge is 0.435 e. The molecule has 10 heteroatoms. The number of halogens is 3. The van der Waals surface area contributed by atoms with E-state index in [1.165, 1.54) is 12.1 Å². The molecule has 0 amide bonds. The molecule has 214 valence electrons. The Morgan fingerprint density at radius 1 is 0.951 bits per heavy atom. The third-order valence-corrected chi connectivity index (χ3v) is 6.93. The molecule has 0 aliphatic carbocycles. The van der Waals surface area contributed by atoms with Crippen LogP contribution >= 0.6 is 0 Å². The maximum atomic E-state index is 14.5. The van der Waals surface area contributed by atoms with E-state index < -0.39 is 17.8 Å². The number of rotatable bonds is 11. The zero-order valence-electron chi connectivity index (χ0n) is 22.5. The summed E-state index contributed by atoms with van der Waals surface area (Å²) in [4.78, 5) is 17.4. The summed E-state index contributed by atoms with van der Waals surface area (Å²) in [5, 5.41) is 9.28. The van der Waals surface area contributed by atoms with Crippen molar-refractivity contribution in [3.63, 3.8) is 0 Å². The van der Waals surface area contributed by atoms with Crippen LogP contribution in [0, 0.1) is 0 Å². The van der Waals surface area contributed by atoms with Crippen LogP contribution in [0.5, 0.6) is 11.5 Å². The SMILES string of the molecule is CCCCn1c(-c2ccccc2)nc(C(F)(F)F)c1CN(Cc1ccc(C(=O)O)cc1)Cc1ccc2c(c1)OCO2. The molecule has 0 bridgehead atoms. The summed E-state index contributed by atoms with van der Waals surface area (Å²) in [6.07, 6.45) is -3.15. The maximum absolute atomic E-state index is 14.5. The van der Waals surface area contributed by atoms with E-state index in [0.29, 0.717) is 36.6 Å². The van der Waals surface area contributed by atoms with Crippen molar-refractivity contribution < 1.29 is 32.5 Å². The molecule has 0 atom stereocenters. The second-order valence-electron chi connectivity index (χ2n) is 9.93. The van der Waals surface area contributed by atoms with Crippen molar-refractivity contribution in [1.82, 2.24) is 14.5 Å². The molecule has 1 N–H and O–H groups in total. The molecule has 7 nitrogen and oxygen atoms in total. The zero-order valence-corrected chi connectivity index (χ0v) is 22.5. The molecule has 2 heterocycles. The molecule has 0 radical (unpaired) electrons. The minimum absolute atomic E-state index is 0.0342. The lowest BCUT2D eigenvalue weighted by Gasteiger charge is -2.25. The molecule has 0 fully saturated rings. The van der Waals surface area contributed by atoms with Crippen molar-refractivity contribution in [2.75, 3.05) is 6.79 Å². The number of hydrogen-bond acceptors (Lipinski definition) is 5. The van der Waals surface area contributed by atoms with Gasteiger partial charge in [0, 0.05) is 31.7 Å². The Morgan fingerprint density at radius 2 is 1.63 bits per heavy atom. The van der Waals surface area contributed by atoms with Crippen LogP contribution in [-0.4, -0.2) is 32.3 Å². The summed E-state index contributed by atoms with van der Waals surface area (Å²) < 4.78 is 56.0. The third-order valence-electron chi connectivity index (χ3n) is 6.93. The molecule has 4 aromatic rings. The fraction of sp³-hybridized carbons (Fsp3) is 0.290. The lowest BCUT2D eigenvalue weighted by atomic mass is 10.1. The standard InChI is InChI=1S/C31H30F3N3O4/c1-2-3-15-37-25(28(31(32,33)34)35-29(37)23-7-5-4-6-8-23)19-36(17-21-9-12-24(13-10-21)30(38)39)18-22-11-14-26-27(16-22)41-20-40-26/h4-14,16H,2-3,15,17-20H2,1H3,(H,38,39). The molecular weight excluding hydrogens is 535 g/mol. The second kappa shape index (κ2) is 12.1. The molecule has 0 unspecified atom stereocenters. The molecule has 41 heavy (non-hydrogen) atoms. The fourth-order valence-electron chi connectivity index (χ4n) is 4.93. The molecule has 5 rings (SSSR count). The summed E-state index contributed by atoms with van der Waals surface area (Å²) >= 11 is 0. The quantitative estimate of drug-likeness (QED) is 0.211. The van der Waals surface area contributed by atoms with Gasteiger partial charge < -0.3 is 19.1 Å². The van der Waals surface area contributed by atoms with E-state index >= 15 is 0 Å². The van der Waals surface area contributed by atoms with Crippen LogP contribution in [0.15, 0.2) is 72.8 Å². The first-order valence-corrected chi connectivity index (χ1v) is 13.4. The number of imidazole rings is 1. The van der Waals surface area contributed by atoms with E-state index in [-0.39, 0.29) is 37.0 Å². The van der Waals surface area contributed by atoms with Crippen LogP contribution in [0.1, 0.15) is 52.6 Å². The number of aromatic carboxylic acids is 1. The molecule has 1 aliphatic rings. The van der Waals surface area contributed by atoms with E-state index in [1.807, 2.05) is 30.0 Å². The van der Waals surface area contributed by atoms with Crippen LogP contribution in [0.3, 0.4) is 0 Å². The van der Waals surface area contributed by atoms with Crippen molar-refractivity contribution in [3.05, 3.63) is 101 Å². The maximum Gasteiger partial charge on any atom is 0.435 e. The number of hydrogen-bond donors (Lipinski definition) is 1.